The van der Waals surface area contributed by atoms with Gasteiger partial charge in [0.1, 0.15) is 0 Å². The number of carbonyl (C=O) groups is 2. The van der Waals surface area contributed by atoms with Crippen molar-refractivity contribution in [1.82, 2.24) is 0 Å². The van der Waals surface area contributed by atoms with E-state index in [0.29, 0.717) is 12.4 Å². The molecule has 0 fully saturated rings. The molecule has 2 aromatic rings. The largest absolute Gasteiger partial charge is 0.493 e. The van der Waals surface area contributed by atoms with E-state index in [1.165, 1.54) is 49.6 Å². The predicted molar refractivity (Wildman–Crippen MR) is 94.0 cm³/mol. The van der Waals surface area contributed by atoms with E-state index in [4.69, 9.17) is 9.47 Å². The monoisotopic (exact) mass is 378 g/mol. The summed E-state index contributed by atoms with van der Waals surface area (Å²) in [6.45, 7) is 2.14. The Bertz CT molecular complexity index is 855. The zero-order chi connectivity index (χ0) is 20.0. The fourth-order valence-electron chi connectivity index (χ4n) is 2.35. The molecule has 0 aliphatic rings. The fraction of sp³-hybridized carbons (Fsp3) is 0.200. The third-order valence-electron chi connectivity index (χ3n) is 3.58. The Hall–Kier alpha value is -3.09. The lowest BCUT2D eigenvalue weighted by Crippen LogP contribution is -2.28. The van der Waals surface area contributed by atoms with Crippen molar-refractivity contribution in [2.75, 3.05) is 13.7 Å². The van der Waals surface area contributed by atoms with Crippen LogP contribution in [0.15, 0.2) is 54.1 Å². The molecule has 0 amide bonds. The zero-order valence-corrected chi connectivity index (χ0v) is 14.7. The minimum Gasteiger partial charge on any atom is -0.493 e. The van der Waals surface area contributed by atoms with Crippen molar-refractivity contribution >= 4 is 17.6 Å². The second kappa shape index (κ2) is 8.53. The predicted octanol–water partition coefficient (Wildman–Crippen LogP) is 4.49. The number of alkyl halides is 3. The van der Waals surface area contributed by atoms with Crippen LogP contribution in [0.1, 0.15) is 22.8 Å². The molecule has 142 valence electrons. The average molecular weight is 378 g/mol. The first kappa shape index (κ1) is 20.2. The van der Waals surface area contributed by atoms with Crippen molar-refractivity contribution in [2.45, 2.75) is 13.1 Å². The first-order chi connectivity index (χ1) is 12.8. The summed E-state index contributed by atoms with van der Waals surface area (Å²) in [6, 6.07) is 11.6. The summed E-state index contributed by atoms with van der Waals surface area (Å²) in [5, 5.41) is 0. The van der Waals surface area contributed by atoms with E-state index in [-0.39, 0.29) is 16.9 Å². The molecule has 0 radical (unpaired) electrons. The normalized spacial score (nSPS) is 11.8. The quantitative estimate of drug-likeness (QED) is 0.308. The van der Waals surface area contributed by atoms with E-state index in [2.05, 4.69) is 0 Å². The molecule has 4 nitrogen and oxygen atoms in total. The minimum atomic E-state index is -5.17. The zero-order valence-electron chi connectivity index (χ0n) is 14.7. The Kier molecular flexibility index (Phi) is 6.39. The molecule has 0 bridgehead atoms. The van der Waals surface area contributed by atoms with Crippen LogP contribution in [0.3, 0.4) is 0 Å². The van der Waals surface area contributed by atoms with Crippen LogP contribution in [0.4, 0.5) is 13.2 Å². The van der Waals surface area contributed by atoms with Crippen LogP contribution < -0.4 is 9.47 Å². The van der Waals surface area contributed by atoms with Crippen LogP contribution in [0.5, 0.6) is 11.5 Å². The minimum absolute atomic E-state index is 0.0146. The average Bonchev–Trinajstić information content (AvgIpc) is 2.66. The van der Waals surface area contributed by atoms with Gasteiger partial charge in [0.25, 0.3) is 5.78 Å². The van der Waals surface area contributed by atoms with Gasteiger partial charge in [-0.1, -0.05) is 36.4 Å². The van der Waals surface area contributed by atoms with Crippen LogP contribution in [0.25, 0.3) is 6.08 Å². The summed E-state index contributed by atoms with van der Waals surface area (Å²) < 4.78 is 49.5. The first-order valence-electron chi connectivity index (χ1n) is 8.01. The van der Waals surface area contributed by atoms with E-state index in [9.17, 15) is 22.8 Å². The molecule has 0 saturated heterocycles. The molecule has 2 aromatic carbocycles. The van der Waals surface area contributed by atoms with Crippen LogP contribution in [0.2, 0.25) is 0 Å². The third-order valence-corrected chi connectivity index (χ3v) is 3.58. The molecule has 0 heterocycles. The Morgan fingerprint density at radius 1 is 1.04 bits per heavy atom. The van der Waals surface area contributed by atoms with Crippen LogP contribution in [-0.4, -0.2) is 31.5 Å². The van der Waals surface area contributed by atoms with Gasteiger partial charge < -0.3 is 9.47 Å². The number of allylic oxidation sites excluding steroid dienone is 1. The number of hydrogen-bond acceptors (Lipinski definition) is 4. The van der Waals surface area contributed by atoms with E-state index in [1.807, 2.05) is 0 Å². The first-order valence-corrected chi connectivity index (χ1v) is 8.01. The number of halogens is 3. The molecule has 0 unspecified atom stereocenters. The summed E-state index contributed by atoms with van der Waals surface area (Å²) in [4.78, 5) is 24.4. The van der Waals surface area contributed by atoms with Crippen molar-refractivity contribution in [3.63, 3.8) is 0 Å². The molecule has 27 heavy (non-hydrogen) atoms. The summed E-state index contributed by atoms with van der Waals surface area (Å²) >= 11 is 0. The van der Waals surface area contributed by atoms with Gasteiger partial charge in [0.15, 0.2) is 17.3 Å². The van der Waals surface area contributed by atoms with Gasteiger partial charge in [0, 0.05) is 5.56 Å². The van der Waals surface area contributed by atoms with Crippen molar-refractivity contribution in [2.24, 2.45) is 0 Å². The molecule has 0 aliphatic carbocycles. The summed E-state index contributed by atoms with van der Waals surface area (Å²) in [7, 11) is 1.38. The Morgan fingerprint density at radius 2 is 1.70 bits per heavy atom. The molecule has 0 spiro atoms. The van der Waals surface area contributed by atoms with E-state index in [1.54, 1.807) is 13.0 Å². The maximum Gasteiger partial charge on any atom is 0.455 e. The topological polar surface area (TPSA) is 52.6 Å². The molecule has 0 aromatic heterocycles. The number of rotatable bonds is 7. The molecule has 7 heteroatoms. The molecule has 0 atom stereocenters. The number of Topliss-reactive ketones (excluding diaryl/α,β-unsaturated/α-hetero) is 2. The molecular formula is C20H17F3O4. The second-order valence-electron chi connectivity index (χ2n) is 5.42. The maximum atomic E-state index is 13.0. The SMILES string of the molecule is CCOc1ccc(/C=C(/C(=O)c2ccccc2)C(=O)C(F)(F)F)cc1OC. The van der Waals surface area contributed by atoms with Gasteiger partial charge in [-0.3, -0.25) is 9.59 Å². The highest BCUT2D eigenvalue weighted by atomic mass is 19.4. The van der Waals surface area contributed by atoms with Gasteiger partial charge in [-0.2, -0.15) is 13.2 Å². The standard InChI is InChI=1S/C20H17F3O4/c1-3-27-16-10-9-13(12-17(16)26-2)11-15(19(25)20(21,22)23)18(24)14-7-5-4-6-8-14/h4-12H,3H2,1-2H3/b15-11-. The van der Waals surface area contributed by atoms with E-state index in [0.717, 1.165) is 6.08 Å². The summed E-state index contributed by atoms with van der Waals surface area (Å²) in [5.74, 6) is -2.54. The van der Waals surface area contributed by atoms with Crippen LogP contribution in [-0.2, 0) is 4.79 Å². The van der Waals surface area contributed by atoms with Crippen molar-refractivity contribution in [3.05, 3.63) is 65.2 Å². The summed E-state index contributed by atoms with van der Waals surface area (Å²) in [5.41, 5.74) is -0.786. The Balaban J connectivity index is 2.53. The molecular weight excluding hydrogens is 361 g/mol. The van der Waals surface area contributed by atoms with Crippen molar-refractivity contribution in [3.8, 4) is 11.5 Å². The lowest BCUT2D eigenvalue weighted by Gasteiger charge is -2.11. The maximum absolute atomic E-state index is 13.0. The molecule has 0 aliphatic heterocycles. The van der Waals surface area contributed by atoms with Crippen molar-refractivity contribution in [1.29, 1.82) is 0 Å². The Morgan fingerprint density at radius 3 is 2.26 bits per heavy atom. The van der Waals surface area contributed by atoms with Gasteiger partial charge in [0.05, 0.1) is 19.3 Å². The molecule has 0 saturated carbocycles. The highest BCUT2D eigenvalue weighted by molar-refractivity contribution is 6.30. The third kappa shape index (κ3) is 4.97. The lowest BCUT2D eigenvalue weighted by atomic mass is 9.97. The molecule has 0 N–H and O–H groups in total. The number of carbonyl (C=O) groups excluding carboxylic acids is 2. The number of ketones is 2. The number of hydrogen-bond donors (Lipinski definition) is 0. The molecule has 2 rings (SSSR count). The fourth-order valence-corrected chi connectivity index (χ4v) is 2.35. The highest BCUT2D eigenvalue weighted by Gasteiger charge is 2.43. The number of methoxy groups -OCH3 is 1. The van der Waals surface area contributed by atoms with Gasteiger partial charge in [0.2, 0.25) is 0 Å². The van der Waals surface area contributed by atoms with Crippen LogP contribution >= 0.6 is 0 Å². The number of benzene rings is 2. The highest BCUT2D eigenvalue weighted by Crippen LogP contribution is 2.30. The van der Waals surface area contributed by atoms with Gasteiger partial charge in [-0.05, 0) is 30.7 Å². The Labute approximate surface area is 154 Å². The number of ether oxygens (including phenoxy) is 2. The second-order valence-corrected chi connectivity index (χ2v) is 5.42. The van der Waals surface area contributed by atoms with E-state index < -0.39 is 23.3 Å². The van der Waals surface area contributed by atoms with Gasteiger partial charge in [-0.15, -0.1) is 0 Å². The van der Waals surface area contributed by atoms with Gasteiger partial charge in [-0.25, -0.2) is 0 Å². The lowest BCUT2D eigenvalue weighted by molar-refractivity contribution is -0.166. The van der Waals surface area contributed by atoms with E-state index >= 15 is 0 Å². The van der Waals surface area contributed by atoms with Gasteiger partial charge >= 0.3 is 6.18 Å². The smallest absolute Gasteiger partial charge is 0.455 e. The summed E-state index contributed by atoms with van der Waals surface area (Å²) in [6.07, 6.45) is -4.27. The van der Waals surface area contributed by atoms with Crippen LogP contribution in [0, 0.1) is 0 Å². The van der Waals surface area contributed by atoms with Crippen molar-refractivity contribution < 1.29 is 32.2 Å².